The molecule has 0 unspecified atom stereocenters. The third-order valence-corrected chi connectivity index (χ3v) is 1.40. The Hall–Kier alpha value is -1.75. The number of nitrogen functional groups attached to an aromatic ring is 2. The van der Waals surface area contributed by atoms with E-state index in [1.54, 1.807) is 6.07 Å². The summed E-state index contributed by atoms with van der Waals surface area (Å²) < 4.78 is 4.50. The van der Waals surface area contributed by atoms with Crippen LogP contribution in [-0.4, -0.2) is 25.3 Å². The Kier molecular flexibility index (Phi) is 5.09. The predicted molar refractivity (Wildman–Crippen MR) is 54.7 cm³/mol. The van der Waals surface area contributed by atoms with Crippen molar-refractivity contribution in [3.63, 3.8) is 0 Å². The maximum absolute atomic E-state index is 11.0. The first-order chi connectivity index (χ1) is 6.63. The van der Waals surface area contributed by atoms with Gasteiger partial charge in [-0.05, 0) is 18.2 Å². The fourth-order valence-electron chi connectivity index (χ4n) is 0.912. The quantitative estimate of drug-likeness (QED) is 0.443. The molecule has 0 aliphatic rings. The lowest BCUT2D eigenvalue weighted by Gasteiger charge is -2.01. The van der Waals surface area contributed by atoms with E-state index in [1.807, 2.05) is 0 Å². The molecular formula is C9H14N2O3. The van der Waals surface area contributed by atoms with E-state index in [9.17, 15) is 4.79 Å². The molecule has 0 bridgehead atoms. The summed E-state index contributed by atoms with van der Waals surface area (Å²) in [7, 11) is 2.31. The van der Waals surface area contributed by atoms with Crippen LogP contribution in [0.1, 0.15) is 10.4 Å². The van der Waals surface area contributed by atoms with E-state index in [1.165, 1.54) is 19.2 Å². The minimum absolute atomic E-state index is 0.370. The number of methoxy groups -OCH3 is 1. The molecule has 0 aromatic heterocycles. The van der Waals surface area contributed by atoms with Gasteiger partial charge in [-0.25, -0.2) is 4.79 Å². The summed E-state index contributed by atoms with van der Waals surface area (Å²) in [4.78, 5) is 11.0. The Labute approximate surface area is 82.3 Å². The number of ether oxygens (including phenoxy) is 1. The second-order valence-corrected chi connectivity index (χ2v) is 2.38. The van der Waals surface area contributed by atoms with Crippen molar-refractivity contribution in [1.29, 1.82) is 0 Å². The number of carbonyl (C=O) groups excluding carboxylic acids is 1. The van der Waals surface area contributed by atoms with Gasteiger partial charge in [0.15, 0.2) is 0 Å². The second kappa shape index (κ2) is 5.82. The van der Waals surface area contributed by atoms with Crippen molar-refractivity contribution < 1.29 is 14.6 Å². The van der Waals surface area contributed by atoms with Crippen LogP contribution in [-0.2, 0) is 4.74 Å². The van der Waals surface area contributed by atoms with Crippen LogP contribution in [0.5, 0.6) is 0 Å². The van der Waals surface area contributed by atoms with Crippen molar-refractivity contribution in [3.05, 3.63) is 23.8 Å². The fraction of sp³-hybridized carbons (Fsp3) is 0.222. The maximum atomic E-state index is 11.0. The molecule has 0 radical (unpaired) electrons. The summed E-state index contributed by atoms with van der Waals surface area (Å²) in [6, 6.07) is 4.61. The Morgan fingerprint density at radius 2 is 1.64 bits per heavy atom. The number of benzene rings is 1. The molecule has 0 aliphatic carbocycles. The molecular weight excluding hydrogens is 184 g/mol. The molecule has 0 aliphatic heterocycles. The first-order valence-electron chi connectivity index (χ1n) is 3.82. The van der Waals surface area contributed by atoms with E-state index in [2.05, 4.69) is 4.74 Å². The van der Waals surface area contributed by atoms with Gasteiger partial charge in [0, 0.05) is 18.5 Å². The van der Waals surface area contributed by atoms with Crippen molar-refractivity contribution in [3.8, 4) is 0 Å². The molecule has 1 aromatic rings. The number of anilines is 2. The van der Waals surface area contributed by atoms with Gasteiger partial charge in [0.1, 0.15) is 0 Å². The highest BCUT2D eigenvalue weighted by molar-refractivity contribution is 5.91. The van der Waals surface area contributed by atoms with Gasteiger partial charge in [-0.15, -0.1) is 0 Å². The molecule has 1 aromatic carbocycles. The highest BCUT2D eigenvalue weighted by atomic mass is 16.5. The van der Waals surface area contributed by atoms with Crippen LogP contribution in [0.3, 0.4) is 0 Å². The predicted octanol–water partition coefficient (Wildman–Crippen LogP) is 0.246. The number of nitrogens with two attached hydrogens (primary N) is 2. The maximum Gasteiger partial charge on any atom is 0.337 e. The van der Waals surface area contributed by atoms with Gasteiger partial charge in [0.2, 0.25) is 0 Å². The standard InChI is InChI=1S/C8H10N2O2.CH4O/c1-12-8(11)5-2-6(9)4-7(10)3-5;1-2/h2-4H,9-10H2,1H3;2H,1H3. The lowest BCUT2D eigenvalue weighted by atomic mass is 10.2. The topological polar surface area (TPSA) is 98.6 Å². The summed E-state index contributed by atoms with van der Waals surface area (Å²) >= 11 is 0. The normalized spacial score (nSPS) is 8.50. The van der Waals surface area contributed by atoms with Crippen LogP contribution in [0.15, 0.2) is 18.2 Å². The number of hydrogen-bond donors (Lipinski definition) is 3. The van der Waals surface area contributed by atoms with Crippen LogP contribution in [0, 0.1) is 0 Å². The Morgan fingerprint density at radius 1 is 1.21 bits per heavy atom. The highest BCUT2D eigenvalue weighted by Gasteiger charge is 2.05. The van der Waals surface area contributed by atoms with E-state index in [0.29, 0.717) is 16.9 Å². The zero-order chi connectivity index (χ0) is 11.1. The lowest BCUT2D eigenvalue weighted by molar-refractivity contribution is 0.0601. The molecule has 5 N–H and O–H groups in total. The SMILES string of the molecule is CO.COC(=O)c1cc(N)cc(N)c1. The van der Waals surface area contributed by atoms with Crippen molar-refractivity contribution in [2.75, 3.05) is 25.7 Å². The minimum Gasteiger partial charge on any atom is -0.465 e. The second-order valence-electron chi connectivity index (χ2n) is 2.38. The molecule has 0 saturated carbocycles. The van der Waals surface area contributed by atoms with Gasteiger partial charge < -0.3 is 21.3 Å². The van der Waals surface area contributed by atoms with E-state index < -0.39 is 5.97 Å². The number of hydrogen-bond acceptors (Lipinski definition) is 5. The molecule has 5 heteroatoms. The lowest BCUT2D eigenvalue weighted by Crippen LogP contribution is -2.03. The van der Waals surface area contributed by atoms with Gasteiger partial charge in [0.25, 0.3) is 0 Å². The number of carbonyl (C=O) groups is 1. The monoisotopic (exact) mass is 198 g/mol. The molecule has 78 valence electrons. The molecule has 0 atom stereocenters. The van der Waals surface area contributed by atoms with E-state index in [4.69, 9.17) is 16.6 Å². The summed E-state index contributed by atoms with van der Waals surface area (Å²) in [5.74, 6) is -0.436. The van der Waals surface area contributed by atoms with E-state index >= 15 is 0 Å². The third kappa shape index (κ3) is 3.32. The Morgan fingerprint density at radius 3 is 2.00 bits per heavy atom. The number of aliphatic hydroxyl groups excluding tert-OH is 1. The molecule has 14 heavy (non-hydrogen) atoms. The van der Waals surface area contributed by atoms with Gasteiger partial charge in [-0.3, -0.25) is 0 Å². The number of esters is 1. The highest BCUT2D eigenvalue weighted by Crippen LogP contribution is 2.13. The Bertz CT molecular complexity index is 293. The zero-order valence-corrected chi connectivity index (χ0v) is 8.15. The molecule has 0 spiro atoms. The van der Waals surface area contributed by atoms with Crippen molar-refractivity contribution in [2.24, 2.45) is 0 Å². The molecule has 0 fully saturated rings. The van der Waals surface area contributed by atoms with Crippen molar-refractivity contribution in [2.45, 2.75) is 0 Å². The molecule has 5 nitrogen and oxygen atoms in total. The fourth-order valence-corrected chi connectivity index (χ4v) is 0.912. The molecule has 1 rings (SSSR count). The van der Waals surface area contributed by atoms with Crippen molar-refractivity contribution >= 4 is 17.3 Å². The molecule has 0 saturated heterocycles. The summed E-state index contributed by atoms with van der Waals surface area (Å²) in [5, 5.41) is 7.00. The van der Waals surface area contributed by atoms with Gasteiger partial charge in [-0.1, -0.05) is 0 Å². The summed E-state index contributed by atoms with van der Waals surface area (Å²) in [6.07, 6.45) is 0. The number of aliphatic hydroxyl groups is 1. The van der Waals surface area contributed by atoms with Gasteiger partial charge in [0.05, 0.1) is 12.7 Å². The van der Waals surface area contributed by atoms with Gasteiger partial charge >= 0.3 is 5.97 Å². The molecule has 0 heterocycles. The van der Waals surface area contributed by atoms with E-state index in [-0.39, 0.29) is 0 Å². The summed E-state index contributed by atoms with van der Waals surface area (Å²) in [6.45, 7) is 0. The zero-order valence-electron chi connectivity index (χ0n) is 8.15. The van der Waals surface area contributed by atoms with Crippen LogP contribution >= 0.6 is 0 Å². The van der Waals surface area contributed by atoms with E-state index in [0.717, 1.165) is 7.11 Å². The van der Waals surface area contributed by atoms with Crippen LogP contribution < -0.4 is 11.5 Å². The van der Waals surface area contributed by atoms with Crippen LogP contribution in [0.25, 0.3) is 0 Å². The first-order valence-corrected chi connectivity index (χ1v) is 3.82. The molecule has 0 amide bonds. The van der Waals surface area contributed by atoms with Gasteiger partial charge in [-0.2, -0.15) is 0 Å². The largest absolute Gasteiger partial charge is 0.465 e. The van der Waals surface area contributed by atoms with Crippen molar-refractivity contribution in [1.82, 2.24) is 0 Å². The average Bonchev–Trinajstić information content (AvgIpc) is 2.18. The Balaban J connectivity index is 0.000000791. The third-order valence-electron chi connectivity index (χ3n) is 1.40. The number of rotatable bonds is 1. The minimum atomic E-state index is -0.436. The van der Waals surface area contributed by atoms with Crippen LogP contribution in [0.4, 0.5) is 11.4 Å². The smallest absolute Gasteiger partial charge is 0.337 e. The first kappa shape index (κ1) is 12.2. The summed E-state index contributed by atoms with van der Waals surface area (Å²) in [5.41, 5.74) is 12.2. The van der Waals surface area contributed by atoms with Crippen LogP contribution in [0.2, 0.25) is 0 Å². The average molecular weight is 198 g/mol.